The van der Waals surface area contributed by atoms with Crippen LogP contribution in [0.3, 0.4) is 0 Å². The minimum absolute atomic E-state index is 0.0145. The van der Waals surface area contributed by atoms with Gasteiger partial charge in [0.15, 0.2) is 0 Å². The van der Waals surface area contributed by atoms with Gasteiger partial charge in [-0.1, -0.05) is 77.8 Å². The second kappa shape index (κ2) is 12.2. The Kier molecular flexibility index (Phi) is 9.99. The maximum atomic E-state index is 12.8. The molecule has 29 heavy (non-hydrogen) atoms. The fourth-order valence-corrected chi connectivity index (χ4v) is 4.52. The molecule has 164 valence electrons. The van der Waals surface area contributed by atoms with Crippen LogP contribution in [0, 0.1) is 5.92 Å². The summed E-state index contributed by atoms with van der Waals surface area (Å²) in [5.74, 6) is 0.210. The van der Waals surface area contributed by atoms with Gasteiger partial charge in [0.2, 0.25) is 5.91 Å². The summed E-state index contributed by atoms with van der Waals surface area (Å²) >= 11 is 0. The first kappa shape index (κ1) is 23.7. The monoisotopic (exact) mass is 402 g/mol. The third-order valence-electron chi connectivity index (χ3n) is 6.20. The number of benzene rings is 1. The van der Waals surface area contributed by atoms with Gasteiger partial charge in [-0.25, -0.2) is 0 Å². The highest BCUT2D eigenvalue weighted by atomic mass is 16.3. The van der Waals surface area contributed by atoms with Gasteiger partial charge in [-0.3, -0.25) is 4.79 Å². The molecule has 0 aliphatic carbocycles. The van der Waals surface area contributed by atoms with E-state index in [1.165, 1.54) is 62.5 Å². The Labute approximate surface area is 178 Å². The fraction of sp³-hybridized carbons (Fsp3) is 0.720. The first-order valence-corrected chi connectivity index (χ1v) is 11.7. The number of fused-ring (bicyclic) bond motifs is 1. The Morgan fingerprint density at radius 2 is 1.76 bits per heavy atom. The topological polar surface area (TPSA) is 52.6 Å². The van der Waals surface area contributed by atoms with Crippen LogP contribution in [0.15, 0.2) is 18.2 Å². The molecule has 0 saturated carbocycles. The zero-order chi connectivity index (χ0) is 21.2. The smallest absolute Gasteiger partial charge is 0.243 e. The van der Waals surface area contributed by atoms with Crippen molar-refractivity contribution in [2.45, 2.75) is 97.1 Å². The molecule has 2 atom stereocenters. The lowest BCUT2D eigenvalue weighted by Crippen LogP contribution is -2.54. The molecule has 0 fully saturated rings. The fourth-order valence-electron chi connectivity index (χ4n) is 4.52. The Hall–Kier alpha value is -1.55. The lowest BCUT2D eigenvalue weighted by Gasteiger charge is -2.37. The molecule has 0 spiro atoms. The average Bonchev–Trinajstić information content (AvgIpc) is 2.69. The maximum absolute atomic E-state index is 12.8. The van der Waals surface area contributed by atoms with Crippen molar-refractivity contribution >= 4 is 11.6 Å². The molecule has 1 aliphatic heterocycles. The maximum Gasteiger partial charge on any atom is 0.243 e. The van der Waals surface area contributed by atoms with E-state index < -0.39 is 0 Å². The number of carbonyl (C=O) groups is 1. The van der Waals surface area contributed by atoms with E-state index in [0.29, 0.717) is 6.42 Å². The lowest BCUT2D eigenvalue weighted by molar-refractivity contribution is -0.124. The molecule has 0 bridgehead atoms. The van der Waals surface area contributed by atoms with Crippen LogP contribution in [-0.2, 0) is 17.6 Å². The van der Waals surface area contributed by atoms with Gasteiger partial charge in [0.25, 0.3) is 0 Å². The molecule has 0 radical (unpaired) electrons. The summed E-state index contributed by atoms with van der Waals surface area (Å²) in [4.78, 5) is 14.9. The van der Waals surface area contributed by atoms with E-state index in [0.717, 1.165) is 12.1 Å². The summed E-state index contributed by atoms with van der Waals surface area (Å²) in [6.07, 6.45) is 12.4. The van der Waals surface area contributed by atoms with Gasteiger partial charge in [0, 0.05) is 12.7 Å². The molecule has 1 aliphatic rings. The first-order valence-electron chi connectivity index (χ1n) is 11.7. The van der Waals surface area contributed by atoms with E-state index in [9.17, 15) is 9.90 Å². The highest BCUT2D eigenvalue weighted by Gasteiger charge is 2.32. The largest absolute Gasteiger partial charge is 0.394 e. The zero-order valence-corrected chi connectivity index (χ0v) is 19.0. The number of amides is 1. The number of rotatable bonds is 11. The summed E-state index contributed by atoms with van der Waals surface area (Å²) in [6, 6.07) is 6.27. The van der Waals surface area contributed by atoms with Gasteiger partial charge in [-0.2, -0.15) is 0 Å². The summed E-state index contributed by atoms with van der Waals surface area (Å²) < 4.78 is 0. The van der Waals surface area contributed by atoms with Crippen LogP contribution in [0.25, 0.3) is 0 Å². The number of carbonyl (C=O) groups excluding carboxylic acids is 1. The molecular formula is C25H42N2O2. The SMILES string of the molecule is CCCCCCCCCCc1ccc2c(c1)N(C)[C@H](C(C)C)C(=O)N[C@H](CO)C2. The van der Waals surface area contributed by atoms with Crippen LogP contribution in [0.5, 0.6) is 0 Å². The van der Waals surface area contributed by atoms with Crippen LogP contribution in [0.4, 0.5) is 5.69 Å². The Balaban J connectivity index is 2.02. The van der Waals surface area contributed by atoms with Gasteiger partial charge in [0.05, 0.1) is 12.6 Å². The quantitative estimate of drug-likeness (QED) is 0.520. The number of nitrogens with zero attached hydrogens (tertiary/aromatic N) is 1. The number of aliphatic hydroxyl groups is 1. The van der Waals surface area contributed by atoms with Gasteiger partial charge >= 0.3 is 0 Å². The first-order chi connectivity index (χ1) is 14.0. The molecule has 1 aromatic rings. The zero-order valence-electron chi connectivity index (χ0n) is 19.0. The van der Waals surface area contributed by atoms with E-state index in [2.05, 4.69) is 49.2 Å². The van der Waals surface area contributed by atoms with Crippen LogP contribution >= 0.6 is 0 Å². The van der Waals surface area contributed by atoms with Crippen LogP contribution in [-0.4, -0.2) is 36.8 Å². The van der Waals surface area contributed by atoms with E-state index >= 15 is 0 Å². The average molecular weight is 403 g/mol. The summed E-state index contributed by atoms with van der Waals surface area (Å²) in [5.41, 5.74) is 3.71. The predicted molar refractivity (Wildman–Crippen MR) is 123 cm³/mol. The number of nitrogens with one attached hydrogen (secondary N) is 1. The highest BCUT2D eigenvalue weighted by Crippen LogP contribution is 2.29. The van der Waals surface area contributed by atoms with E-state index in [4.69, 9.17) is 0 Å². The van der Waals surface area contributed by atoms with Crippen molar-refractivity contribution in [1.29, 1.82) is 0 Å². The van der Waals surface area contributed by atoms with Gasteiger partial charge < -0.3 is 15.3 Å². The molecule has 0 unspecified atom stereocenters. The van der Waals surface area contributed by atoms with E-state index in [-0.39, 0.29) is 30.5 Å². The molecule has 2 rings (SSSR count). The second-order valence-electron chi connectivity index (χ2n) is 9.08. The number of likely N-dealkylation sites (N-methyl/N-ethyl adjacent to an activating group) is 1. The van der Waals surface area contributed by atoms with Crippen molar-refractivity contribution in [3.8, 4) is 0 Å². The van der Waals surface area contributed by atoms with Crippen molar-refractivity contribution < 1.29 is 9.90 Å². The van der Waals surface area contributed by atoms with E-state index in [1.54, 1.807) is 0 Å². The van der Waals surface area contributed by atoms with Crippen LogP contribution in [0.1, 0.15) is 83.3 Å². The van der Waals surface area contributed by atoms with Gasteiger partial charge in [0.1, 0.15) is 6.04 Å². The highest BCUT2D eigenvalue weighted by molar-refractivity contribution is 5.86. The van der Waals surface area contributed by atoms with Crippen molar-refractivity contribution in [3.63, 3.8) is 0 Å². The summed E-state index contributed by atoms with van der Waals surface area (Å²) in [7, 11) is 2.03. The van der Waals surface area contributed by atoms with Crippen molar-refractivity contribution in [2.24, 2.45) is 5.92 Å². The number of aliphatic hydroxyl groups excluding tert-OH is 1. The number of anilines is 1. The van der Waals surface area contributed by atoms with Crippen LogP contribution < -0.4 is 10.2 Å². The lowest BCUT2D eigenvalue weighted by atomic mass is 9.93. The minimum Gasteiger partial charge on any atom is -0.394 e. The van der Waals surface area contributed by atoms with Crippen molar-refractivity contribution in [3.05, 3.63) is 29.3 Å². The molecule has 0 saturated heterocycles. The molecule has 1 amide bonds. The number of unbranched alkanes of at least 4 members (excludes halogenated alkanes) is 7. The third kappa shape index (κ3) is 7.02. The third-order valence-corrected chi connectivity index (χ3v) is 6.20. The molecule has 0 aromatic heterocycles. The van der Waals surface area contributed by atoms with Crippen molar-refractivity contribution in [1.82, 2.24) is 5.32 Å². The predicted octanol–water partition coefficient (Wildman–Crippen LogP) is 4.86. The Morgan fingerprint density at radius 3 is 2.38 bits per heavy atom. The molecule has 4 heteroatoms. The van der Waals surface area contributed by atoms with E-state index in [1.807, 2.05) is 7.05 Å². The summed E-state index contributed by atoms with van der Waals surface area (Å²) in [5, 5.41) is 12.7. The Bertz CT molecular complexity index is 629. The standard InChI is InChI=1S/C25H42N2O2/c1-5-6-7-8-9-10-11-12-13-20-14-15-21-17-22(18-28)26-25(29)24(19(2)3)27(4)23(21)16-20/h14-16,19,22,24,28H,5-13,17-18H2,1-4H3,(H,26,29)/t22-,24+/m0/s1. The molecule has 1 heterocycles. The number of aryl methyl sites for hydroxylation is 1. The van der Waals surface area contributed by atoms with Gasteiger partial charge in [-0.05, 0) is 42.4 Å². The molecule has 4 nitrogen and oxygen atoms in total. The number of hydrogen-bond donors (Lipinski definition) is 2. The van der Waals surface area contributed by atoms with Crippen LogP contribution in [0.2, 0.25) is 0 Å². The Morgan fingerprint density at radius 1 is 1.10 bits per heavy atom. The molecule has 2 N–H and O–H groups in total. The second-order valence-corrected chi connectivity index (χ2v) is 9.08. The normalized spacial score (nSPS) is 19.7. The minimum atomic E-state index is -0.221. The van der Waals surface area contributed by atoms with Crippen molar-refractivity contribution in [2.75, 3.05) is 18.6 Å². The summed E-state index contributed by atoms with van der Waals surface area (Å²) in [6.45, 7) is 6.40. The van der Waals surface area contributed by atoms with Gasteiger partial charge in [-0.15, -0.1) is 0 Å². The molecular weight excluding hydrogens is 360 g/mol. The molecule has 1 aromatic carbocycles. The number of hydrogen-bond acceptors (Lipinski definition) is 3.